The fourth-order valence-electron chi connectivity index (χ4n) is 2.99. The average molecular weight is 402 g/mol. The molecule has 2 heterocycles. The molecule has 7 heteroatoms. The van der Waals surface area contributed by atoms with Gasteiger partial charge in [-0.15, -0.1) is 0 Å². The molecule has 1 N–H and O–H groups in total. The maximum absolute atomic E-state index is 12.8. The minimum absolute atomic E-state index is 0.327. The SMILES string of the molecule is Cc1ccc(Oc2cc(C(=O)Nc3cnc(N(C)C)cn3)cc3oc(C)cc23)cc1. The number of hydrogen-bond acceptors (Lipinski definition) is 6. The minimum Gasteiger partial charge on any atom is -0.461 e. The van der Waals surface area contributed by atoms with Crippen molar-refractivity contribution in [3.05, 3.63) is 71.7 Å². The first-order valence-electron chi connectivity index (χ1n) is 9.48. The van der Waals surface area contributed by atoms with E-state index in [1.54, 1.807) is 18.3 Å². The van der Waals surface area contributed by atoms with Crippen LogP contribution in [0.5, 0.6) is 11.5 Å². The van der Waals surface area contributed by atoms with Crippen molar-refractivity contribution in [1.29, 1.82) is 0 Å². The quantitative estimate of drug-likeness (QED) is 0.509. The van der Waals surface area contributed by atoms with E-state index in [9.17, 15) is 4.79 Å². The zero-order valence-corrected chi connectivity index (χ0v) is 17.3. The van der Waals surface area contributed by atoms with Gasteiger partial charge in [0, 0.05) is 19.7 Å². The molecule has 0 bridgehead atoms. The van der Waals surface area contributed by atoms with Crippen LogP contribution >= 0.6 is 0 Å². The Morgan fingerprint density at radius 1 is 1.03 bits per heavy atom. The van der Waals surface area contributed by atoms with Crippen LogP contribution in [0.4, 0.5) is 11.6 Å². The fraction of sp³-hybridized carbons (Fsp3) is 0.174. The molecule has 0 aliphatic rings. The highest BCUT2D eigenvalue weighted by Crippen LogP contribution is 2.34. The van der Waals surface area contributed by atoms with E-state index in [0.717, 1.165) is 16.7 Å². The molecule has 30 heavy (non-hydrogen) atoms. The number of aromatic nitrogens is 2. The summed E-state index contributed by atoms with van der Waals surface area (Å²) < 4.78 is 11.8. The van der Waals surface area contributed by atoms with E-state index < -0.39 is 0 Å². The molecule has 0 saturated carbocycles. The minimum atomic E-state index is -0.327. The van der Waals surface area contributed by atoms with E-state index >= 15 is 0 Å². The van der Waals surface area contributed by atoms with Crippen LogP contribution in [0.25, 0.3) is 11.0 Å². The summed E-state index contributed by atoms with van der Waals surface area (Å²) >= 11 is 0. The maximum Gasteiger partial charge on any atom is 0.257 e. The van der Waals surface area contributed by atoms with Gasteiger partial charge >= 0.3 is 0 Å². The third kappa shape index (κ3) is 4.10. The molecule has 2 aromatic carbocycles. The predicted molar refractivity (Wildman–Crippen MR) is 117 cm³/mol. The monoisotopic (exact) mass is 402 g/mol. The van der Waals surface area contributed by atoms with Gasteiger partial charge in [-0.05, 0) is 44.2 Å². The van der Waals surface area contributed by atoms with Gasteiger partial charge in [0.2, 0.25) is 0 Å². The Hall–Kier alpha value is -3.87. The molecule has 0 atom stereocenters. The molecule has 4 aromatic rings. The Labute approximate surface area is 174 Å². The number of benzene rings is 2. The molecule has 0 aliphatic heterocycles. The number of nitrogens with zero attached hydrogens (tertiary/aromatic N) is 3. The number of carbonyl (C=O) groups excluding carboxylic acids is 1. The number of aryl methyl sites for hydroxylation is 2. The van der Waals surface area contributed by atoms with Crippen LogP contribution in [-0.4, -0.2) is 30.0 Å². The van der Waals surface area contributed by atoms with Gasteiger partial charge < -0.3 is 19.4 Å². The van der Waals surface area contributed by atoms with Crippen LogP contribution in [0.2, 0.25) is 0 Å². The normalized spacial score (nSPS) is 10.8. The van der Waals surface area contributed by atoms with Crippen LogP contribution in [0, 0.1) is 13.8 Å². The van der Waals surface area contributed by atoms with Crippen molar-refractivity contribution in [3.63, 3.8) is 0 Å². The van der Waals surface area contributed by atoms with Gasteiger partial charge in [-0.25, -0.2) is 9.97 Å². The Balaban J connectivity index is 1.64. The number of anilines is 2. The molecule has 0 spiro atoms. The van der Waals surface area contributed by atoms with Gasteiger partial charge in [-0.3, -0.25) is 4.79 Å². The maximum atomic E-state index is 12.8. The summed E-state index contributed by atoms with van der Waals surface area (Å²) in [6.45, 7) is 3.87. The molecule has 7 nitrogen and oxygen atoms in total. The highest BCUT2D eigenvalue weighted by molar-refractivity contribution is 6.06. The standard InChI is InChI=1S/C23H22N4O3/c1-14-5-7-17(8-6-14)30-20-11-16(10-19-18(20)9-15(2)29-19)23(28)26-21-12-25-22(13-24-21)27(3)4/h5-13H,1-4H3,(H,24,26,28). The molecule has 0 fully saturated rings. The van der Waals surface area contributed by atoms with Crippen molar-refractivity contribution in [2.24, 2.45) is 0 Å². The number of fused-ring (bicyclic) bond motifs is 1. The average Bonchev–Trinajstić information content (AvgIpc) is 3.10. The number of rotatable bonds is 5. The number of amides is 1. The van der Waals surface area contributed by atoms with Crippen molar-refractivity contribution in [2.75, 3.05) is 24.3 Å². The Bertz CT molecular complexity index is 1200. The number of furan rings is 1. The van der Waals surface area contributed by atoms with Gasteiger partial charge in [-0.1, -0.05) is 17.7 Å². The molecule has 2 aromatic heterocycles. The fourth-order valence-corrected chi connectivity index (χ4v) is 2.99. The third-order valence-corrected chi connectivity index (χ3v) is 4.57. The van der Waals surface area contributed by atoms with E-state index in [1.165, 1.54) is 6.20 Å². The lowest BCUT2D eigenvalue weighted by atomic mass is 10.1. The molecule has 0 aliphatic carbocycles. The largest absolute Gasteiger partial charge is 0.461 e. The first-order valence-corrected chi connectivity index (χ1v) is 9.48. The highest BCUT2D eigenvalue weighted by atomic mass is 16.5. The number of carbonyl (C=O) groups is 1. The van der Waals surface area contributed by atoms with Gasteiger partial charge in [0.1, 0.15) is 28.7 Å². The Morgan fingerprint density at radius 2 is 1.80 bits per heavy atom. The van der Waals surface area contributed by atoms with Crippen LogP contribution in [-0.2, 0) is 0 Å². The topological polar surface area (TPSA) is 80.5 Å². The summed E-state index contributed by atoms with van der Waals surface area (Å²) in [5.41, 5.74) is 2.12. The van der Waals surface area contributed by atoms with E-state index in [1.807, 2.05) is 63.2 Å². The van der Waals surface area contributed by atoms with Gasteiger partial charge in [0.25, 0.3) is 5.91 Å². The van der Waals surface area contributed by atoms with Crippen molar-refractivity contribution in [3.8, 4) is 11.5 Å². The lowest BCUT2D eigenvalue weighted by molar-refractivity contribution is 0.102. The van der Waals surface area contributed by atoms with E-state index in [-0.39, 0.29) is 5.91 Å². The molecular formula is C23H22N4O3. The molecule has 1 amide bonds. The van der Waals surface area contributed by atoms with E-state index in [0.29, 0.717) is 34.3 Å². The second-order valence-electron chi connectivity index (χ2n) is 7.27. The number of nitrogens with one attached hydrogen (secondary N) is 1. The van der Waals surface area contributed by atoms with Gasteiger partial charge in [0.15, 0.2) is 5.82 Å². The van der Waals surface area contributed by atoms with Gasteiger partial charge in [0.05, 0.1) is 17.8 Å². The van der Waals surface area contributed by atoms with E-state index in [2.05, 4.69) is 15.3 Å². The first-order chi connectivity index (χ1) is 14.4. The van der Waals surface area contributed by atoms with Gasteiger partial charge in [-0.2, -0.15) is 0 Å². The number of hydrogen-bond donors (Lipinski definition) is 1. The van der Waals surface area contributed by atoms with Crippen molar-refractivity contribution in [1.82, 2.24) is 9.97 Å². The smallest absolute Gasteiger partial charge is 0.257 e. The first kappa shape index (κ1) is 19.4. The second kappa shape index (κ2) is 7.87. The Kier molecular flexibility index (Phi) is 5.10. The van der Waals surface area contributed by atoms with Crippen molar-refractivity contribution in [2.45, 2.75) is 13.8 Å². The summed E-state index contributed by atoms with van der Waals surface area (Å²) in [5, 5.41) is 3.57. The lowest BCUT2D eigenvalue weighted by Crippen LogP contribution is -2.15. The molecule has 0 unspecified atom stereocenters. The zero-order valence-electron chi connectivity index (χ0n) is 17.3. The van der Waals surface area contributed by atoms with Crippen molar-refractivity contribution < 1.29 is 13.9 Å². The van der Waals surface area contributed by atoms with Crippen LogP contribution in [0.3, 0.4) is 0 Å². The third-order valence-electron chi connectivity index (χ3n) is 4.57. The molecule has 152 valence electrons. The molecule has 4 rings (SSSR count). The molecule has 0 radical (unpaired) electrons. The van der Waals surface area contributed by atoms with Crippen LogP contribution in [0.15, 0.2) is 59.3 Å². The Morgan fingerprint density at radius 3 is 2.47 bits per heavy atom. The summed E-state index contributed by atoms with van der Waals surface area (Å²) in [4.78, 5) is 23.2. The molecule has 0 saturated heterocycles. The summed E-state index contributed by atoms with van der Waals surface area (Å²) in [6.07, 6.45) is 3.12. The second-order valence-corrected chi connectivity index (χ2v) is 7.27. The molecular weight excluding hydrogens is 380 g/mol. The summed E-state index contributed by atoms with van der Waals surface area (Å²) in [6, 6.07) is 13.0. The summed E-state index contributed by atoms with van der Waals surface area (Å²) in [5.74, 6) is 2.71. The van der Waals surface area contributed by atoms with Crippen LogP contribution in [0.1, 0.15) is 21.7 Å². The van der Waals surface area contributed by atoms with Crippen molar-refractivity contribution >= 4 is 28.5 Å². The highest BCUT2D eigenvalue weighted by Gasteiger charge is 2.16. The lowest BCUT2D eigenvalue weighted by Gasteiger charge is -2.12. The van der Waals surface area contributed by atoms with Crippen LogP contribution < -0.4 is 15.0 Å². The predicted octanol–water partition coefficient (Wildman–Crippen LogP) is 4.95. The zero-order chi connectivity index (χ0) is 21.3. The summed E-state index contributed by atoms with van der Waals surface area (Å²) in [7, 11) is 3.75. The number of ether oxygens (including phenoxy) is 1. The van der Waals surface area contributed by atoms with E-state index in [4.69, 9.17) is 9.15 Å².